The van der Waals surface area contributed by atoms with Gasteiger partial charge >= 0.3 is 5.97 Å². The van der Waals surface area contributed by atoms with Gasteiger partial charge in [-0.2, -0.15) is 0 Å². The highest BCUT2D eigenvalue weighted by Crippen LogP contribution is 2.25. The van der Waals surface area contributed by atoms with Crippen LogP contribution in [-0.2, 0) is 11.3 Å². The zero-order chi connectivity index (χ0) is 14.5. The fourth-order valence-electron chi connectivity index (χ4n) is 1.53. The van der Waals surface area contributed by atoms with Crippen molar-refractivity contribution < 1.29 is 9.90 Å². The molecule has 1 unspecified atom stereocenters. The number of hydrogen-bond donors (Lipinski definition) is 2. The topological polar surface area (TPSA) is 49.3 Å². The second-order valence-corrected chi connectivity index (χ2v) is 6.88. The fraction of sp³-hybridized carbons (Fsp3) is 0.533. The third-order valence-electron chi connectivity index (χ3n) is 2.67. The van der Waals surface area contributed by atoms with E-state index in [4.69, 9.17) is 5.11 Å². The Labute approximate surface area is 119 Å². The van der Waals surface area contributed by atoms with Gasteiger partial charge in [0.2, 0.25) is 0 Å². The maximum absolute atomic E-state index is 11.0. The van der Waals surface area contributed by atoms with E-state index in [-0.39, 0.29) is 10.8 Å². The second kappa shape index (κ2) is 6.96. The first-order chi connectivity index (χ1) is 8.81. The Bertz CT molecular complexity index is 409. The number of carbonyl (C=O) groups is 1. The van der Waals surface area contributed by atoms with Gasteiger partial charge in [-0.3, -0.25) is 4.79 Å². The van der Waals surface area contributed by atoms with Gasteiger partial charge < -0.3 is 10.4 Å². The molecule has 0 heterocycles. The summed E-state index contributed by atoms with van der Waals surface area (Å²) in [4.78, 5) is 12.0. The predicted molar refractivity (Wildman–Crippen MR) is 80.6 cm³/mol. The summed E-state index contributed by atoms with van der Waals surface area (Å²) in [6.07, 6.45) is 0.632. The molecule has 0 amide bonds. The highest BCUT2D eigenvalue weighted by Gasteiger charge is 2.16. The molecule has 0 bridgehead atoms. The van der Waals surface area contributed by atoms with Gasteiger partial charge in [-0.15, -0.1) is 11.8 Å². The molecule has 0 aromatic heterocycles. The summed E-state index contributed by atoms with van der Waals surface area (Å²) in [5.41, 5.74) is 1.31. The largest absolute Gasteiger partial charge is 0.480 e. The third-order valence-corrected chi connectivity index (χ3v) is 4.03. The molecular weight excluding hydrogens is 258 g/mol. The predicted octanol–water partition coefficient (Wildman–Crippen LogP) is 3.53. The van der Waals surface area contributed by atoms with E-state index < -0.39 is 5.97 Å². The van der Waals surface area contributed by atoms with Crippen LogP contribution >= 0.6 is 11.8 Å². The van der Waals surface area contributed by atoms with E-state index in [9.17, 15) is 4.79 Å². The number of rotatable bonds is 6. The molecule has 4 heteroatoms. The fourth-order valence-corrected chi connectivity index (χ4v) is 2.41. The summed E-state index contributed by atoms with van der Waals surface area (Å²) < 4.78 is 0. The van der Waals surface area contributed by atoms with Crippen LogP contribution in [0.25, 0.3) is 0 Å². The van der Waals surface area contributed by atoms with Crippen LogP contribution in [0, 0.1) is 0 Å². The maximum Gasteiger partial charge on any atom is 0.316 e. The standard InChI is InChI=1S/C15H23NO2S/c1-5-13(14(17)18)19-12-8-6-11(7-9-12)10-16-15(2,3)4/h6-9,13,16H,5,10H2,1-4H3,(H,17,18). The first-order valence-electron chi connectivity index (χ1n) is 6.55. The van der Waals surface area contributed by atoms with Gasteiger partial charge in [-0.05, 0) is 44.9 Å². The van der Waals surface area contributed by atoms with Crippen molar-refractivity contribution in [1.29, 1.82) is 0 Å². The lowest BCUT2D eigenvalue weighted by molar-refractivity contribution is -0.136. The molecule has 1 atom stereocenters. The monoisotopic (exact) mass is 281 g/mol. The van der Waals surface area contributed by atoms with Crippen LogP contribution in [0.15, 0.2) is 29.2 Å². The molecule has 0 saturated heterocycles. The van der Waals surface area contributed by atoms with Crippen LogP contribution in [0.4, 0.5) is 0 Å². The number of carboxylic acids is 1. The number of aliphatic carboxylic acids is 1. The highest BCUT2D eigenvalue weighted by atomic mass is 32.2. The Morgan fingerprint density at radius 2 is 1.89 bits per heavy atom. The Morgan fingerprint density at radius 1 is 1.32 bits per heavy atom. The maximum atomic E-state index is 11.0. The number of carboxylic acid groups (broad SMARTS) is 1. The molecule has 106 valence electrons. The zero-order valence-corrected chi connectivity index (χ0v) is 12.9. The van der Waals surface area contributed by atoms with Crippen LogP contribution in [0.3, 0.4) is 0 Å². The number of nitrogens with one attached hydrogen (secondary N) is 1. The molecule has 0 aliphatic rings. The summed E-state index contributed by atoms with van der Waals surface area (Å²) in [6, 6.07) is 8.09. The van der Waals surface area contributed by atoms with Crippen LogP contribution in [0.5, 0.6) is 0 Å². The minimum atomic E-state index is -0.744. The molecule has 0 saturated carbocycles. The van der Waals surface area contributed by atoms with Gasteiger partial charge in [0, 0.05) is 17.0 Å². The Balaban J connectivity index is 2.59. The van der Waals surface area contributed by atoms with Gasteiger partial charge in [0.25, 0.3) is 0 Å². The van der Waals surface area contributed by atoms with E-state index in [2.05, 4.69) is 38.2 Å². The van der Waals surface area contributed by atoms with Gasteiger partial charge in [0.1, 0.15) is 5.25 Å². The second-order valence-electron chi connectivity index (χ2n) is 5.60. The van der Waals surface area contributed by atoms with Crippen LogP contribution in [0.1, 0.15) is 39.7 Å². The van der Waals surface area contributed by atoms with Crippen molar-refractivity contribution >= 4 is 17.7 Å². The van der Waals surface area contributed by atoms with Crippen molar-refractivity contribution in [2.75, 3.05) is 0 Å². The molecule has 1 aromatic rings. The van der Waals surface area contributed by atoms with Crippen molar-refractivity contribution in [2.24, 2.45) is 0 Å². The van der Waals surface area contributed by atoms with Crippen molar-refractivity contribution in [2.45, 2.75) is 56.3 Å². The Hall–Kier alpha value is -1.00. The molecule has 0 aliphatic heterocycles. The van der Waals surface area contributed by atoms with Crippen molar-refractivity contribution in [3.05, 3.63) is 29.8 Å². The van der Waals surface area contributed by atoms with Gasteiger partial charge in [-0.1, -0.05) is 19.1 Å². The molecule has 3 nitrogen and oxygen atoms in total. The average Bonchev–Trinajstić information content (AvgIpc) is 2.33. The van der Waals surface area contributed by atoms with E-state index in [0.717, 1.165) is 11.4 Å². The van der Waals surface area contributed by atoms with E-state index in [1.54, 1.807) is 0 Å². The van der Waals surface area contributed by atoms with Crippen molar-refractivity contribution in [3.8, 4) is 0 Å². The van der Waals surface area contributed by atoms with Gasteiger partial charge in [0.15, 0.2) is 0 Å². The molecule has 0 aliphatic carbocycles. The van der Waals surface area contributed by atoms with E-state index in [0.29, 0.717) is 6.42 Å². The first kappa shape index (κ1) is 16.1. The molecule has 0 radical (unpaired) electrons. The van der Waals surface area contributed by atoms with E-state index >= 15 is 0 Å². The first-order valence-corrected chi connectivity index (χ1v) is 7.43. The Morgan fingerprint density at radius 3 is 2.32 bits per heavy atom. The summed E-state index contributed by atoms with van der Waals surface area (Å²) in [5.74, 6) is -0.744. The molecule has 19 heavy (non-hydrogen) atoms. The smallest absolute Gasteiger partial charge is 0.316 e. The summed E-state index contributed by atoms with van der Waals surface area (Å²) in [7, 11) is 0. The lowest BCUT2D eigenvalue weighted by atomic mass is 10.1. The lowest BCUT2D eigenvalue weighted by Gasteiger charge is -2.20. The summed E-state index contributed by atoms with van der Waals surface area (Å²) in [5, 5.41) is 12.1. The van der Waals surface area contributed by atoms with Crippen molar-refractivity contribution in [1.82, 2.24) is 5.32 Å². The average molecular weight is 281 g/mol. The zero-order valence-electron chi connectivity index (χ0n) is 12.1. The van der Waals surface area contributed by atoms with Crippen LogP contribution in [-0.4, -0.2) is 21.9 Å². The molecule has 1 rings (SSSR count). The minimum absolute atomic E-state index is 0.101. The quantitative estimate of drug-likeness (QED) is 0.783. The number of hydrogen-bond acceptors (Lipinski definition) is 3. The van der Waals surface area contributed by atoms with Crippen LogP contribution in [0.2, 0.25) is 0 Å². The van der Waals surface area contributed by atoms with E-state index in [1.165, 1.54) is 17.3 Å². The van der Waals surface area contributed by atoms with Gasteiger partial charge in [0.05, 0.1) is 0 Å². The minimum Gasteiger partial charge on any atom is -0.480 e. The van der Waals surface area contributed by atoms with Crippen molar-refractivity contribution in [3.63, 3.8) is 0 Å². The SMILES string of the molecule is CCC(Sc1ccc(CNC(C)(C)C)cc1)C(=O)O. The number of benzene rings is 1. The Kier molecular flexibility index (Phi) is 5.88. The third kappa shape index (κ3) is 6.12. The number of thioether (sulfide) groups is 1. The molecule has 0 spiro atoms. The molecule has 1 aromatic carbocycles. The lowest BCUT2D eigenvalue weighted by Crippen LogP contribution is -2.35. The molecule has 0 fully saturated rings. The normalized spacial score (nSPS) is 13.3. The summed E-state index contributed by atoms with van der Waals surface area (Å²) in [6.45, 7) is 9.12. The van der Waals surface area contributed by atoms with Crippen LogP contribution < -0.4 is 5.32 Å². The molecular formula is C15H23NO2S. The molecule has 2 N–H and O–H groups in total. The van der Waals surface area contributed by atoms with Gasteiger partial charge in [-0.25, -0.2) is 0 Å². The summed E-state index contributed by atoms with van der Waals surface area (Å²) >= 11 is 1.41. The highest BCUT2D eigenvalue weighted by molar-refractivity contribution is 8.00. The van der Waals surface area contributed by atoms with E-state index in [1.807, 2.05) is 19.1 Å².